The largest absolute Gasteiger partial charge is 0.489 e. The van der Waals surface area contributed by atoms with Crippen molar-refractivity contribution in [3.05, 3.63) is 53.1 Å². The molecule has 0 aromatic heterocycles. The highest BCUT2D eigenvalue weighted by atomic mass is 32.2. The summed E-state index contributed by atoms with van der Waals surface area (Å²) in [6.45, 7) is 0.461. The number of sulfonamides is 1. The summed E-state index contributed by atoms with van der Waals surface area (Å²) in [5, 5.41) is 9.35. The molecule has 0 atom stereocenters. The Hall–Kier alpha value is -2.54. The maximum Gasteiger partial charge on any atom is 0.335 e. The fraction of sp³-hybridized carbons (Fsp3) is 0.278. The molecule has 1 aliphatic carbocycles. The van der Waals surface area contributed by atoms with Crippen LogP contribution >= 0.6 is 0 Å². The second-order valence-corrected chi connectivity index (χ2v) is 7.99. The van der Waals surface area contributed by atoms with Gasteiger partial charge >= 0.3 is 5.97 Å². The highest BCUT2D eigenvalue weighted by molar-refractivity contribution is 7.93. The molecule has 0 bridgehead atoms. The van der Waals surface area contributed by atoms with Crippen molar-refractivity contribution in [2.45, 2.75) is 24.2 Å². The van der Waals surface area contributed by atoms with Crippen molar-refractivity contribution in [3.8, 4) is 5.75 Å². The van der Waals surface area contributed by atoms with Gasteiger partial charge in [-0.05, 0) is 54.7 Å². The first-order valence-electron chi connectivity index (χ1n) is 8.12. The maximum absolute atomic E-state index is 13.4. The molecule has 1 N–H and O–H groups in total. The van der Waals surface area contributed by atoms with Crippen LogP contribution in [0.5, 0.6) is 5.75 Å². The minimum absolute atomic E-state index is 0.0146. The Balaban J connectivity index is 1.89. The molecule has 2 aromatic carbocycles. The van der Waals surface area contributed by atoms with Crippen LogP contribution in [-0.4, -0.2) is 32.6 Å². The minimum atomic E-state index is -3.87. The standard InChI is InChI=1S/C18H17NO5S/c20-18(21)13-10-12-4-3-5-14(12)17(11-13)25(22,23)19-8-9-24-16-7-2-1-6-15(16)19/h1-2,6-7,10-11H,3-5,8-9H2,(H,20,21). The Morgan fingerprint density at radius 2 is 1.96 bits per heavy atom. The van der Waals surface area contributed by atoms with Gasteiger partial charge in [0.25, 0.3) is 10.0 Å². The molecule has 25 heavy (non-hydrogen) atoms. The number of hydrogen-bond donors (Lipinski definition) is 1. The Morgan fingerprint density at radius 3 is 2.76 bits per heavy atom. The Labute approximate surface area is 145 Å². The number of benzene rings is 2. The molecule has 1 aliphatic heterocycles. The van der Waals surface area contributed by atoms with Crippen molar-refractivity contribution in [2.24, 2.45) is 0 Å². The predicted molar refractivity (Wildman–Crippen MR) is 91.9 cm³/mol. The van der Waals surface area contributed by atoms with Gasteiger partial charge in [0, 0.05) is 0 Å². The van der Waals surface area contributed by atoms with E-state index in [9.17, 15) is 18.3 Å². The number of aromatic carboxylic acids is 1. The highest BCUT2D eigenvalue weighted by Gasteiger charge is 2.34. The molecule has 7 heteroatoms. The number of carbonyl (C=O) groups is 1. The fourth-order valence-corrected chi connectivity index (χ4v) is 5.31. The van der Waals surface area contributed by atoms with Gasteiger partial charge in [0.1, 0.15) is 12.4 Å². The molecule has 6 nitrogen and oxygen atoms in total. The summed E-state index contributed by atoms with van der Waals surface area (Å²) in [4.78, 5) is 11.5. The van der Waals surface area contributed by atoms with E-state index < -0.39 is 16.0 Å². The number of hydrogen-bond acceptors (Lipinski definition) is 4. The maximum atomic E-state index is 13.4. The number of anilines is 1. The highest BCUT2D eigenvalue weighted by Crippen LogP contribution is 2.38. The molecule has 0 unspecified atom stereocenters. The summed E-state index contributed by atoms with van der Waals surface area (Å²) in [7, 11) is -3.87. The topological polar surface area (TPSA) is 83.9 Å². The van der Waals surface area contributed by atoms with Gasteiger partial charge in [-0.2, -0.15) is 0 Å². The monoisotopic (exact) mass is 359 g/mol. The predicted octanol–water partition coefficient (Wildman–Crippen LogP) is 2.46. The first kappa shape index (κ1) is 16.0. The Bertz CT molecular complexity index is 967. The zero-order valence-corrected chi connectivity index (χ0v) is 14.3. The molecule has 0 spiro atoms. The van der Waals surface area contributed by atoms with E-state index in [1.54, 1.807) is 30.3 Å². The average Bonchev–Trinajstić information content (AvgIpc) is 3.08. The van der Waals surface area contributed by atoms with Crippen LogP contribution in [0.2, 0.25) is 0 Å². The van der Waals surface area contributed by atoms with E-state index in [0.29, 0.717) is 24.3 Å². The van der Waals surface area contributed by atoms with Gasteiger partial charge in [0.05, 0.1) is 22.7 Å². The third-order valence-corrected chi connectivity index (χ3v) is 6.55. The molecule has 2 aromatic rings. The molecule has 0 radical (unpaired) electrons. The zero-order chi connectivity index (χ0) is 17.6. The lowest BCUT2D eigenvalue weighted by molar-refractivity contribution is 0.0696. The van der Waals surface area contributed by atoms with Gasteiger partial charge in [-0.15, -0.1) is 0 Å². The van der Waals surface area contributed by atoms with Crippen LogP contribution in [0.3, 0.4) is 0 Å². The van der Waals surface area contributed by atoms with Gasteiger partial charge in [-0.1, -0.05) is 12.1 Å². The van der Waals surface area contributed by atoms with Crippen molar-refractivity contribution in [2.75, 3.05) is 17.5 Å². The van der Waals surface area contributed by atoms with Crippen molar-refractivity contribution in [3.63, 3.8) is 0 Å². The lowest BCUT2D eigenvalue weighted by Crippen LogP contribution is -2.38. The number of carboxylic acid groups (broad SMARTS) is 1. The van der Waals surface area contributed by atoms with E-state index in [4.69, 9.17) is 4.74 Å². The molecule has 4 rings (SSSR count). The van der Waals surface area contributed by atoms with Gasteiger partial charge in [-0.25, -0.2) is 13.2 Å². The van der Waals surface area contributed by atoms with E-state index in [1.165, 1.54) is 10.4 Å². The number of carboxylic acids is 1. The summed E-state index contributed by atoms with van der Waals surface area (Å²) >= 11 is 0. The van der Waals surface area contributed by atoms with Gasteiger partial charge in [0.15, 0.2) is 0 Å². The molecule has 2 aliphatic rings. The number of aryl methyl sites for hydroxylation is 1. The van der Waals surface area contributed by atoms with Crippen LogP contribution in [-0.2, 0) is 22.9 Å². The van der Waals surface area contributed by atoms with Crippen molar-refractivity contribution >= 4 is 21.7 Å². The van der Waals surface area contributed by atoms with E-state index >= 15 is 0 Å². The number of ether oxygens (including phenoxy) is 1. The minimum Gasteiger partial charge on any atom is -0.489 e. The first-order valence-corrected chi connectivity index (χ1v) is 9.56. The summed E-state index contributed by atoms with van der Waals surface area (Å²) < 4.78 is 33.6. The lowest BCUT2D eigenvalue weighted by Gasteiger charge is -2.31. The molecular weight excluding hydrogens is 342 g/mol. The summed E-state index contributed by atoms with van der Waals surface area (Å²) in [6.07, 6.45) is 2.19. The van der Waals surface area contributed by atoms with Gasteiger partial charge in [0.2, 0.25) is 0 Å². The van der Waals surface area contributed by atoms with Crippen LogP contribution in [0, 0.1) is 0 Å². The third kappa shape index (κ3) is 2.55. The first-order chi connectivity index (χ1) is 12.0. The van der Waals surface area contributed by atoms with E-state index in [0.717, 1.165) is 17.5 Å². The molecular formula is C18H17NO5S. The Morgan fingerprint density at radius 1 is 1.16 bits per heavy atom. The molecule has 0 fully saturated rings. The SMILES string of the molecule is O=C(O)c1cc2c(c(S(=O)(=O)N3CCOc4ccccc43)c1)CCC2. The average molecular weight is 359 g/mol. The number of para-hydroxylation sites is 2. The van der Waals surface area contributed by atoms with Gasteiger partial charge < -0.3 is 9.84 Å². The zero-order valence-electron chi connectivity index (χ0n) is 13.4. The third-order valence-electron chi connectivity index (χ3n) is 4.68. The second-order valence-electron chi connectivity index (χ2n) is 6.16. The molecule has 130 valence electrons. The van der Waals surface area contributed by atoms with Crippen molar-refractivity contribution in [1.29, 1.82) is 0 Å². The van der Waals surface area contributed by atoms with Crippen LogP contribution in [0.25, 0.3) is 0 Å². The molecule has 0 saturated heterocycles. The van der Waals surface area contributed by atoms with Crippen LogP contribution in [0.4, 0.5) is 5.69 Å². The van der Waals surface area contributed by atoms with Crippen molar-refractivity contribution in [1.82, 2.24) is 0 Å². The quantitative estimate of drug-likeness (QED) is 0.910. The van der Waals surface area contributed by atoms with E-state index in [2.05, 4.69) is 0 Å². The number of nitrogens with zero attached hydrogens (tertiary/aromatic N) is 1. The van der Waals surface area contributed by atoms with Crippen LogP contribution in [0.15, 0.2) is 41.3 Å². The summed E-state index contributed by atoms with van der Waals surface area (Å²) in [6, 6.07) is 9.87. The molecule has 0 amide bonds. The molecule has 1 heterocycles. The lowest BCUT2D eigenvalue weighted by atomic mass is 10.1. The normalized spacial score (nSPS) is 16.1. The summed E-state index contributed by atoms with van der Waals surface area (Å²) in [5.74, 6) is -0.600. The van der Waals surface area contributed by atoms with E-state index in [1.807, 2.05) is 0 Å². The molecule has 0 saturated carbocycles. The van der Waals surface area contributed by atoms with Crippen LogP contribution in [0.1, 0.15) is 27.9 Å². The number of fused-ring (bicyclic) bond motifs is 2. The van der Waals surface area contributed by atoms with Crippen molar-refractivity contribution < 1.29 is 23.1 Å². The van der Waals surface area contributed by atoms with Crippen LogP contribution < -0.4 is 9.04 Å². The Kier molecular flexibility index (Phi) is 3.68. The summed E-state index contributed by atoms with van der Waals surface area (Å²) in [5.41, 5.74) is 2.07. The van der Waals surface area contributed by atoms with Gasteiger partial charge in [-0.3, -0.25) is 4.31 Å². The fourth-order valence-electron chi connectivity index (χ4n) is 3.53. The number of rotatable bonds is 3. The second kappa shape index (κ2) is 5.77. The smallest absolute Gasteiger partial charge is 0.335 e. The van der Waals surface area contributed by atoms with E-state index in [-0.39, 0.29) is 23.6 Å².